The van der Waals surface area contributed by atoms with Gasteiger partial charge in [0.05, 0.1) is 0 Å². The van der Waals surface area contributed by atoms with Gasteiger partial charge in [-0.3, -0.25) is 0 Å². The Kier molecular flexibility index (Phi) is 1.53. The van der Waals surface area contributed by atoms with Crippen molar-refractivity contribution < 1.29 is 9.90 Å². The minimum absolute atomic E-state index is 0.262. The first-order valence-corrected chi connectivity index (χ1v) is 2.64. The van der Waals surface area contributed by atoms with E-state index < -0.39 is 5.97 Å². The van der Waals surface area contributed by atoms with E-state index in [2.05, 4.69) is 5.32 Å². The first kappa shape index (κ1) is 5.88. The van der Waals surface area contributed by atoms with Crippen LogP contribution >= 0.6 is 0 Å². The van der Waals surface area contributed by atoms with Crippen molar-refractivity contribution in [3.8, 4) is 0 Å². The molecule has 0 fully saturated rings. The third-order valence-corrected chi connectivity index (χ3v) is 1.04. The van der Waals surface area contributed by atoms with Crippen molar-refractivity contribution in [2.24, 2.45) is 0 Å². The van der Waals surface area contributed by atoms with E-state index in [0.29, 0.717) is 6.54 Å². The highest BCUT2D eigenvalue weighted by Gasteiger charge is 2.04. The molecule has 0 unspecified atom stereocenters. The molecule has 0 saturated carbocycles. The first-order valence-electron chi connectivity index (χ1n) is 2.64. The zero-order valence-electron chi connectivity index (χ0n) is 4.79. The van der Waals surface area contributed by atoms with Gasteiger partial charge in [-0.05, 0) is 6.08 Å². The van der Waals surface area contributed by atoms with Crippen molar-refractivity contribution in [1.29, 1.82) is 0 Å². The summed E-state index contributed by atoms with van der Waals surface area (Å²) >= 11 is 0. The zero-order chi connectivity index (χ0) is 6.69. The first-order chi connectivity index (χ1) is 4.30. The standard InChI is InChI=1S/C6H7NO2/c8-6(9)5-3-1-2-4-7-5/h1-3,7H,4H2,(H,8,9). The van der Waals surface area contributed by atoms with Gasteiger partial charge in [0.1, 0.15) is 5.70 Å². The number of hydrogen-bond acceptors (Lipinski definition) is 2. The summed E-state index contributed by atoms with van der Waals surface area (Å²) in [5, 5.41) is 11.1. The number of aliphatic carboxylic acids is 1. The van der Waals surface area contributed by atoms with Gasteiger partial charge in [-0.25, -0.2) is 4.79 Å². The molecule has 3 heteroatoms. The van der Waals surface area contributed by atoms with Crippen LogP contribution in [0.5, 0.6) is 0 Å². The number of carboxylic acids is 1. The molecule has 0 aromatic rings. The molecule has 0 bridgehead atoms. The molecule has 2 N–H and O–H groups in total. The summed E-state index contributed by atoms with van der Waals surface area (Å²) in [6, 6.07) is 0. The molecule has 0 saturated heterocycles. The fourth-order valence-corrected chi connectivity index (χ4v) is 0.607. The lowest BCUT2D eigenvalue weighted by Crippen LogP contribution is -2.21. The normalized spacial score (nSPS) is 16.2. The van der Waals surface area contributed by atoms with E-state index in [0.717, 1.165) is 0 Å². The van der Waals surface area contributed by atoms with Gasteiger partial charge in [-0.1, -0.05) is 12.2 Å². The van der Waals surface area contributed by atoms with E-state index in [9.17, 15) is 4.79 Å². The van der Waals surface area contributed by atoms with Gasteiger partial charge in [0.2, 0.25) is 0 Å². The molecule has 0 atom stereocenters. The number of hydrogen-bond donors (Lipinski definition) is 2. The predicted molar refractivity (Wildman–Crippen MR) is 32.9 cm³/mol. The molecule has 1 heterocycles. The summed E-state index contributed by atoms with van der Waals surface area (Å²) in [5.74, 6) is -0.903. The Morgan fingerprint density at radius 2 is 2.56 bits per heavy atom. The Morgan fingerprint density at radius 3 is 2.89 bits per heavy atom. The fraction of sp³-hybridized carbons (Fsp3) is 0.167. The topological polar surface area (TPSA) is 49.3 Å². The SMILES string of the molecule is O=C(O)C1=CC=CCN1. The maximum Gasteiger partial charge on any atom is 0.351 e. The summed E-state index contributed by atoms with van der Waals surface area (Å²) in [6.07, 6.45) is 5.11. The Balaban J connectivity index is 2.68. The lowest BCUT2D eigenvalue weighted by molar-refractivity contribution is -0.133. The van der Waals surface area contributed by atoms with Crippen molar-refractivity contribution >= 4 is 5.97 Å². The second kappa shape index (κ2) is 2.35. The molecule has 9 heavy (non-hydrogen) atoms. The highest BCUT2D eigenvalue weighted by atomic mass is 16.4. The van der Waals surface area contributed by atoms with Gasteiger partial charge in [-0.15, -0.1) is 0 Å². The summed E-state index contributed by atoms with van der Waals surface area (Å²) < 4.78 is 0. The Morgan fingerprint density at radius 1 is 1.78 bits per heavy atom. The maximum absolute atomic E-state index is 10.2. The van der Waals surface area contributed by atoms with Gasteiger partial charge < -0.3 is 10.4 Å². The molecule has 1 aliphatic heterocycles. The summed E-state index contributed by atoms with van der Waals surface area (Å²) in [6.45, 7) is 0.609. The molecule has 3 nitrogen and oxygen atoms in total. The number of carboxylic acid groups (broad SMARTS) is 1. The van der Waals surface area contributed by atoms with E-state index in [1.165, 1.54) is 6.08 Å². The number of nitrogens with one attached hydrogen (secondary N) is 1. The van der Waals surface area contributed by atoms with Gasteiger partial charge in [0.25, 0.3) is 0 Å². The summed E-state index contributed by atoms with van der Waals surface area (Å²) in [7, 11) is 0. The second-order valence-corrected chi connectivity index (χ2v) is 1.69. The van der Waals surface area contributed by atoms with Crippen LogP contribution in [0.2, 0.25) is 0 Å². The van der Waals surface area contributed by atoms with E-state index >= 15 is 0 Å². The third-order valence-electron chi connectivity index (χ3n) is 1.04. The highest BCUT2D eigenvalue weighted by Crippen LogP contribution is 1.94. The van der Waals surface area contributed by atoms with Crippen LogP contribution in [0.4, 0.5) is 0 Å². The van der Waals surface area contributed by atoms with Crippen LogP contribution in [-0.2, 0) is 4.79 Å². The van der Waals surface area contributed by atoms with Gasteiger partial charge in [0.15, 0.2) is 0 Å². The van der Waals surface area contributed by atoms with E-state index in [4.69, 9.17) is 5.11 Å². The number of dihydropyridines is 1. The quantitative estimate of drug-likeness (QED) is 0.523. The van der Waals surface area contributed by atoms with Crippen LogP contribution in [0.15, 0.2) is 23.9 Å². The number of rotatable bonds is 1. The number of allylic oxidation sites excluding steroid dienone is 2. The van der Waals surface area contributed by atoms with Crippen LogP contribution in [0.25, 0.3) is 0 Å². The monoisotopic (exact) mass is 125 g/mol. The van der Waals surface area contributed by atoms with Crippen molar-refractivity contribution in [1.82, 2.24) is 5.32 Å². The molecule has 1 aliphatic rings. The fourth-order valence-electron chi connectivity index (χ4n) is 0.607. The number of carbonyl (C=O) groups is 1. The third kappa shape index (κ3) is 1.32. The minimum atomic E-state index is -0.903. The average Bonchev–Trinajstić information content (AvgIpc) is 1.90. The molecule has 1 rings (SSSR count). The van der Waals surface area contributed by atoms with Crippen LogP contribution < -0.4 is 5.32 Å². The zero-order valence-corrected chi connectivity index (χ0v) is 4.79. The molecular formula is C6H7NO2. The Bertz CT molecular complexity index is 181. The average molecular weight is 125 g/mol. The molecule has 0 aliphatic carbocycles. The molecule has 0 spiro atoms. The van der Waals surface area contributed by atoms with Crippen molar-refractivity contribution in [2.75, 3.05) is 6.54 Å². The van der Waals surface area contributed by atoms with Crippen molar-refractivity contribution in [3.05, 3.63) is 23.9 Å². The second-order valence-electron chi connectivity index (χ2n) is 1.69. The Labute approximate surface area is 52.7 Å². The van der Waals surface area contributed by atoms with Crippen LogP contribution in [0.3, 0.4) is 0 Å². The summed E-state index contributed by atoms with van der Waals surface area (Å²) in [4.78, 5) is 10.2. The van der Waals surface area contributed by atoms with Crippen LogP contribution in [-0.4, -0.2) is 17.6 Å². The van der Waals surface area contributed by atoms with Crippen LogP contribution in [0, 0.1) is 0 Å². The maximum atomic E-state index is 10.2. The van der Waals surface area contributed by atoms with Gasteiger partial charge in [0, 0.05) is 6.54 Å². The molecule has 0 amide bonds. The van der Waals surface area contributed by atoms with E-state index in [1.807, 2.05) is 6.08 Å². The van der Waals surface area contributed by atoms with Crippen molar-refractivity contribution in [2.45, 2.75) is 0 Å². The molecular weight excluding hydrogens is 118 g/mol. The molecule has 0 radical (unpaired) electrons. The predicted octanol–water partition coefficient (Wildman–Crippen LogP) is 0.114. The molecule has 0 aromatic carbocycles. The summed E-state index contributed by atoms with van der Waals surface area (Å²) in [5.41, 5.74) is 0.262. The van der Waals surface area contributed by atoms with Crippen LogP contribution in [0.1, 0.15) is 0 Å². The molecule has 48 valence electrons. The van der Waals surface area contributed by atoms with E-state index in [1.54, 1.807) is 6.08 Å². The minimum Gasteiger partial charge on any atom is -0.477 e. The lowest BCUT2D eigenvalue weighted by Gasteiger charge is -2.05. The largest absolute Gasteiger partial charge is 0.477 e. The molecule has 0 aromatic heterocycles. The van der Waals surface area contributed by atoms with Crippen molar-refractivity contribution in [3.63, 3.8) is 0 Å². The highest BCUT2D eigenvalue weighted by molar-refractivity contribution is 5.86. The van der Waals surface area contributed by atoms with E-state index in [-0.39, 0.29) is 5.70 Å². The van der Waals surface area contributed by atoms with Gasteiger partial charge in [-0.2, -0.15) is 0 Å². The van der Waals surface area contributed by atoms with Gasteiger partial charge >= 0.3 is 5.97 Å². The Hall–Kier alpha value is -1.25. The lowest BCUT2D eigenvalue weighted by atomic mass is 10.3. The smallest absolute Gasteiger partial charge is 0.351 e.